The first-order valence-corrected chi connectivity index (χ1v) is 4.55. The third kappa shape index (κ3) is 2.00. The lowest BCUT2D eigenvalue weighted by Gasteiger charge is -2.17. The number of carbonyl (C=O) groups excluding carboxylic acids is 2. The number of hydrogen-bond donors (Lipinski definition) is 0. The molecular formula is C12H12O2. The van der Waals surface area contributed by atoms with E-state index >= 15 is 0 Å². The van der Waals surface area contributed by atoms with Gasteiger partial charge in [0.1, 0.15) is 5.92 Å². The Bertz CT molecular complexity index is 353. The van der Waals surface area contributed by atoms with Gasteiger partial charge in [-0.25, -0.2) is 0 Å². The predicted molar refractivity (Wildman–Crippen MR) is 54.5 cm³/mol. The molecule has 1 aliphatic carbocycles. The summed E-state index contributed by atoms with van der Waals surface area (Å²) < 4.78 is 0. The van der Waals surface area contributed by atoms with Crippen molar-refractivity contribution in [3.8, 4) is 12.3 Å². The van der Waals surface area contributed by atoms with Crippen LogP contribution >= 0.6 is 0 Å². The fraction of sp³-hybridized carbons (Fsp3) is 0.333. The zero-order valence-electron chi connectivity index (χ0n) is 8.12. The summed E-state index contributed by atoms with van der Waals surface area (Å²) in [5, 5.41) is 0. The molecule has 1 unspecified atom stereocenters. The van der Waals surface area contributed by atoms with E-state index in [0.29, 0.717) is 12.0 Å². The van der Waals surface area contributed by atoms with Crippen molar-refractivity contribution in [3.63, 3.8) is 0 Å². The zero-order chi connectivity index (χ0) is 10.6. The summed E-state index contributed by atoms with van der Waals surface area (Å²) in [5.41, 5.74) is 0.460. The zero-order valence-corrected chi connectivity index (χ0v) is 8.12. The first kappa shape index (κ1) is 10.5. The van der Waals surface area contributed by atoms with Crippen LogP contribution in [0.4, 0.5) is 0 Å². The van der Waals surface area contributed by atoms with Crippen LogP contribution in [0.2, 0.25) is 0 Å². The molecule has 72 valence electrons. The second-order valence-corrected chi connectivity index (χ2v) is 3.14. The van der Waals surface area contributed by atoms with E-state index in [9.17, 15) is 9.59 Å². The van der Waals surface area contributed by atoms with Gasteiger partial charge in [-0.05, 0) is 6.92 Å². The molecule has 14 heavy (non-hydrogen) atoms. The van der Waals surface area contributed by atoms with Gasteiger partial charge in [0.2, 0.25) is 0 Å². The summed E-state index contributed by atoms with van der Waals surface area (Å²) in [5.74, 6) is 1.70. The minimum Gasteiger partial charge on any atom is -0.298 e. The molecule has 1 saturated carbocycles. The lowest BCUT2D eigenvalue weighted by atomic mass is 9.82. The molecule has 1 rings (SSSR count). The number of hydrogen-bond acceptors (Lipinski definition) is 2. The van der Waals surface area contributed by atoms with Crippen molar-refractivity contribution in [2.45, 2.75) is 19.8 Å². The minimum atomic E-state index is -0.632. The topological polar surface area (TPSA) is 34.1 Å². The van der Waals surface area contributed by atoms with Crippen LogP contribution in [-0.4, -0.2) is 11.6 Å². The van der Waals surface area contributed by atoms with Gasteiger partial charge in [-0.15, -0.1) is 6.42 Å². The molecule has 0 aromatic carbocycles. The molecule has 1 atom stereocenters. The molecule has 0 N–H and O–H groups in total. The summed E-state index contributed by atoms with van der Waals surface area (Å²) >= 11 is 0. The average molecular weight is 188 g/mol. The molecule has 0 heterocycles. The molecule has 0 aromatic rings. The van der Waals surface area contributed by atoms with Gasteiger partial charge in [-0.2, -0.15) is 0 Å². The van der Waals surface area contributed by atoms with Crippen LogP contribution in [0, 0.1) is 18.3 Å². The molecule has 0 aromatic heterocycles. The minimum absolute atomic E-state index is 0.00866. The van der Waals surface area contributed by atoms with Crippen LogP contribution in [0.5, 0.6) is 0 Å². The van der Waals surface area contributed by atoms with Crippen LogP contribution in [0.25, 0.3) is 0 Å². The fourth-order valence-corrected chi connectivity index (χ4v) is 1.43. The maximum absolute atomic E-state index is 11.5. The van der Waals surface area contributed by atoms with Gasteiger partial charge in [0.25, 0.3) is 0 Å². The van der Waals surface area contributed by atoms with Gasteiger partial charge in [0.15, 0.2) is 11.6 Å². The fourth-order valence-electron chi connectivity index (χ4n) is 1.43. The van der Waals surface area contributed by atoms with Crippen LogP contribution in [0.15, 0.2) is 23.8 Å². The van der Waals surface area contributed by atoms with Crippen LogP contribution < -0.4 is 0 Å². The number of allylic oxidation sites excluding steroid dienone is 4. The summed E-state index contributed by atoms with van der Waals surface area (Å²) in [4.78, 5) is 22.8. The van der Waals surface area contributed by atoms with Crippen LogP contribution in [-0.2, 0) is 9.59 Å². The molecule has 2 heteroatoms. The molecule has 0 radical (unpaired) electrons. The highest BCUT2D eigenvalue weighted by atomic mass is 16.1. The van der Waals surface area contributed by atoms with Crippen molar-refractivity contribution in [1.82, 2.24) is 0 Å². The van der Waals surface area contributed by atoms with E-state index in [1.165, 1.54) is 0 Å². The molecular weight excluding hydrogens is 176 g/mol. The first-order chi connectivity index (χ1) is 6.70. The maximum atomic E-state index is 11.5. The normalized spacial score (nSPS) is 25.7. The molecule has 2 nitrogen and oxygen atoms in total. The van der Waals surface area contributed by atoms with Gasteiger partial charge in [0.05, 0.1) is 0 Å². The van der Waals surface area contributed by atoms with Gasteiger partial charge in [-0.3, -0.25) is 9.59 Å². The second-order valence-electron chi connectivity index (χ2n) is 3.14. The van der Waals surface area contributed by atoms with E-state index in [1.54, 1.807) is 18.2 Å². The number of Topliss-reactive ketones (excluding diaryl/α,β-unsaturated/α-hetero) is 2. The molecule has 1 fully saturated rings. The lowest BCUT2D eigenvalue weighted by Crippen LogP contribution is -2.26. The van der Waals surface area contributed by atoms with Gasteiger partial charge < -0.3 is 0 Å². The first-order valence-electron chi connectivity index (χ1n) is 4.55. The summed E-state index contributed by atoms with van der Waals surface area (Å²) in [7, 11) is 0. The van der Waals surface area contributed by atoms with Crippen molar-refractivity contribution in [2.24, 2.45) is 5.92 Å². The highest BCUT2D eigenvalue weighted by Crippen LogP contribution is 2.23. The van der Waals surface area contributed by atoms with E-state index in [0.717, 1.165) is 0 Å². The Morgan fingerprint density at radius 3 is 2.71 bits per heavy atom. The molecule has 0 amide bonds. The Morgan fingerprint density at radius 2 is 2.14 bits per heavy atom. The predicted octanol–water partition coefficient (Wildman–Crippen LogP) is 1.67. The highest BCUT2D eigenvalue weighted by Gasteiger charge is 2.30. The van der Waals surface area contributed by atoms with E-state index in [1.807, 2.05) is 6.92 Å². The number of ketones is 2. The number of carbonyl (C=O) groups is 2. The molecule has 0 aliphatic heterocycles. The SMILES string of the molecule is C#CC1C(=O)CCC(=O)/C1=C/C=C\C. The van der Waals surface area contributed by atoms with Crippen molar-refractivity contribution >= 4 is 11.6 Å². The average Bonchev–Trinajstić information content (AvgIpc) is 2.19. The highest BCUT2D eigenvalue weighted by molar-refractivity contribution is 6.08. The van der Waals surface area contributed by atoms with E-state index in [4.69, 9.17) is 6.42 Å². The van der Waals surface area contributed by atoms with Crippen LogP contribution in [0.3, 0.4) is 0 Å². The van der Waals surface area contributed by atoms with Gasteiger partial charge >= 0.3 is 0 Å². The molecule has 0 bridgehead atoms. The molecule has 1 aliphatic rings. The van der Waals surface area contributed by atoms with Gasteiger partial charge in [-0.1, -0.05) is 24.1 Å². The monoisotopic (exact) mass is 188 g/mol. The molecule has 0 spiro atoms. The number of terminal acetylenes is 1. The van der Waals surface area contributed by atoms with Crippen molar-refractivity contribution in [3.05, 3.63) is 23.8 Å². The quantitative estimate of drug-likeness (QED) is 0.463. The number of rotatable bonds is 1. The lowest BCUT2D eigenvalue weighted by molar-refractivity contribution is -0.127. The Hall–Kier alpha value is -1.62. The Morgan fingerprint density at radius 1 is 1.43 bits per heavy atom. The van der Waals surface area contributed by atoms with Crippen LogP contribution in [0.1, 0.15) is 19.8 Å². The van der Waals surface area contributed by atoms with Crippen molar-refractivity contribution < 1.29 is 9.59 Å². The maximum Gasteiger partial charge on any atom is 0.161 e. The van der Waals surface area contributed by atoms with E-state index in [2.05, 4.69) is 5.92 Å². The Balaban J connectivity index is 3.02. The summed E-state index contributed by atoms with van der Waals surface area (Å²) in [6.07, 6.45) is 11.0. The Labute approximate surface area is 83.7 Å². The largest absolute Gasteiger partial charge is 0.298 e. The standard InChI is InChI=1S/C12H12O2/c1-3-5-6-10-9(4-2)11(13)7-8-12(10)14/h2-3,5-6,9H,7-8H2,1H3/b5-3-,10-6+. The molecule has 0 saturated heterocycles. The second kappa shape index (κ2) is 4.57. The smallest absolute Gasteiger partial charge is 0.161 e. The van der Waals surface area contributed by atoms with E-state index in [-0.39, 0.29) is 18.0 Å². The third-order valence-electron chi connectivity index (χ3n) is 2.19. The van der Waals surface area contributed by atoms with E-state index < -0.39 is 5.92 Å². The summed E-state index contributed by atoms with van der Waals surface area (Å²) in [6, 6.07) is 0. The van der Waals surface area contributed by atoms with Crippen molar-refractivity contribution in [2.75, 3.05) is 0 Å². The van der Waals surface area contributed by atoms with Gasteiger partial charge in [0, 0.05) is 18.4 Å². The van der Waals surface area contributed by atoms with Crippen molar-refractivity contribution in [1.29, 1.82) is 0 Å². The summed E-state index contributed by atoms with van der Waals surface area (Å²) in [6.45, 7) is 1.84. The Kier molecular flexibility index (Phi) is 3.41. The third-order valence-corrected chi connectivity index (χ3v) is 2.19.